The molecule has 1 aliphatic heterocycles. The van der Waals surface area contributed by atoms with E-state index < -0.39 is 0 Å². The molecule has 106 valence electrons. The van der Waals surface area contributed by atoms with Crippen molar-refractivity contribution in [2.45, 2.75) is 32.9 Å². The fourth-order valence-corrected chi connectivity index (χ4v) is 2.18. The Hall–Kier alpha value is -1.47. The lowest BCUT2D eigenvalue weighted by Gasteiger charge is -2.32. The van der Waals surface area contributed by atoms with Gasteiger partial charge in [0.25, 0.3) is 0 Å². The van der Waals surface area contributed by atoms with Crippen LogP contribution in [0.25, 0.3) is 0 Å². The summed E-state index contributed by atoms with van der Waals surface area (Å²) in [6.45, 7) is 6.86. The summed E-state index contributed by atoms with van der Waals surface area (Å²) in [5.41, 5.74) is 5.40. The molecule has 1 amide bonds. The molecule has 1 saturated heterocycles. The molecule has 2 rings (SSSR count). The zero-order valence-corrected chi connectivity index (χ0v) is 11.4. The summed E-state index contributed by atoms with van der Waals surface area (Å²) in [6, 6.07) is -0.305. The van der Waals surface area contributed by atoms with Crippen LogP contribution in [0.2, 0.25) is 0 Å². The quantitative estimate of drug-likeness (QED) is 0.748. The van der Waals surface area contributed by atoms with Crippen LogP contribution in [0.1, 0.15) is 25.6 Å². The Bertz CT molecular complexity index is 432. The highest BCUT2D eigenvalue weighted by Gasteiger charge is 2.27. The van der Waals surface area contributed by atoms with Crippen molar-refractivity contribution in [1.29, 1.82) is 0 Å². The van der Waals surface area contributed by atoms with Gasteiger partial charge in [0.15, 0.2) is 5.82 Å². The molecule has 1 fully saturated rings. The molecule has 1 atom stereocenters. The largest absolute Gasteiger partial charge is 0.368 e. The highest BCUT2D eigenvalue weighted by Crippen LogP contribution is 2.10. The van der Waals surface area contributed by atoms with E-state index in [9.17, 15) is 4.79 Å². The van der Waals surface area contributed by atoms with Gasteiger partial charge in [0.05, 0.1) is 6.54 Å². The summed E-state index contributed by atoms with van der Waals surface area (Å²) >= 11 is 0. The van der Waals surface area contributed by atoms with E-state index >= 15 is 0 Å². The number of piperazine rings is 1. The standard InChI is InChI=1S/C12H21N5O2/c1-8(2)5-11-15-10(16-19-11)7-17-4-3-14-6-9(17)12(13)18/h8-9,14H,3-7H2,1-2H3,(H2,13,18). The first-order chi connectivity index (χ1) is 9.06. The number of nitrogens with two attached hydrogens (primary N) is 1. The molecule has 0 spiro atoms. The third kappa shape index (κ3) is 3.74. The average molecular weight is 267 g/mol. The van der Waals surface area contributed by atoms with Crippen LogP contribution in [0.4, 0.5) is 0 Å². The molecule has 3 N–H and O–H groups in total. The van der Waals surface area contributed by atoms with Crippen molar-refractivity contribution in [1.82, 2.24) is 20.4 Å². The molecular formula is C12H21N5O2. The highest BCUT2D eigenvalue weighted by atomic mass is 16.5. The Morgan fingerprint density at radius 1 is 1.63 bits per heavy atom. The highest BCUT2D eigenvalue weighted by molar-refractivity contribution is 5.80. The molecule has 1 aromatic heterocycles. The maximum absolute atomic E-state index is 11.4. The van der Waals surface area contributed by atoms with Gasteiger partial charge >= 0.3 is 0 Å². The summed E-state index contributed by atoms with van der Waals surface area (Å²) in [4.78, 5) is 17.7. The number of hydrogen-bond acceptors (Lipinski definition) is 6. The molecule has 0 aromatic carbocycles. The maximum Gasteiger partial charge on any atom is 0.236 e. The average Bonchev–Trinajstić information content (AvgIpc) is 2.76. The number of nitrogens with one attached hydrogen (secondary N) is 1. The second-order valence-corrected chi connectivity index (χ2v) is 5.30. The molecule has 7 heteroatoms. The van der Waals surface area contributed by atoms with Crippen LogP contribution in [0.15, 0.2) is 4.52 Å². The Morgan fingerprint density at radius 2 is 2.42 bits per heavy atom. The van der Waals surface area contributed by atoms with Gasteiger partial charge in [0.1, 0.15) is 6.04 Å². The molecular weight excluding hydrogens is 246 g/mol. The van der Waals surface area contributed by atoms with Crippen molar-refractivity contribution < 1.29 is 9.32 Å². The minimum atomic E-state index is -0.321. The van der Waals surface area contributed by atoms with Gasteiger partial charge in [-0.25, -0.2) is 0 Å². The maximum atomic E-state index is 11.4. The van der Waals surface area contributed by atoms with Gasteiger partial charge in [-0.15, -0.1) is 0 Å². The van der Waals surface area contributed by atoms with Gasteiger partial charge in [-0.3, -0.25) is 9.69 Å². The molecule has 0 saturated carbocycles. The summed E-state index contributed by atoms with van der Waals surface area (Å²) in [7, 11) is 0. The van der Waals surface area contributed by atoms with Crippen molar-refractivity contribution >= 4 is 5.91 Å². The molecule has 0 radical (unpaired) electrons. The van der Waals surface area contributed by atoms with Crippen LogP contribution < -0.4 is 11.1 Å². The Balaban J connectivity index is 1.98. The van der Waals surface area contributed by atoms with E-state index in [0.717, 1.165) is 19.5 Å². The summed E-state index contributed by atoms with van der Waals surface area (Å²) < 4.78 is 5.19. The number of carbonyl (C=O) groups excluding carboxylic acids is 1. The van der Waals surface area contributed by atoms with Crippen molar-refractivity contribution in [3.8, 4) is 0 Å². The van der Waals surface area contributed by atoms with Crippen LogP contribution in [-0.2, 0) is 17.8 Å². The zero-order chi connectivity index (χ0) is 13.8. The lowest BCUT2D eigenvalue weighted by atomic mass is 10.1. The SMILES string of the molecule is CC(C)Cc1nc(CN2CCNCC2C(N)=O)no1. The molecule has 2 heterocycles. The van der Waals surface area contributed by atoms with Crippen molar-refractivity contribution in [3.05, 3.63) is 11.7 Å². The van der Waals surface area contributed by atoms with Gasteiger partial charge in [0.2, 0.25) is 11.8 Å². The first kappa shape index (κ1) is 14.0. The number of carbonyl (C=O) groups is 1. The van der Waals surface area contributed by atoms with E-state index in [0.29, 0.717) is 30.7 Å². The normalized spacial score (nSPS) is 20.9. The van der Waals surface area contributed by atoms with E-state index in [1.54, 1.807) is 0 Å². The van der Waals surface area contributed by atoms with Crippen LogP contribution in [0.3, 0.4) is 0 Å². The van der Waals surface area contributed by atoms with Gasteiger partial charge in [0, 0.05) is 26.1 Å². The fraction of sp³-hybridized carbons (Fsp3) is 0.750. The van der Waals surface area contributed by atoms with Gasteiger partial charge in [-0.2, -0.15) is 4.98 Å². The van der Waals surface area contributed by atoms with Gasteiger partial charge in [-0.1, -0.05) is 19.0 Å². The molecule has 1 aromatic rings. The molecule has 0 bridgehead atoms. The second-order valence-electron chi connectivity index (χ2n) is 5.30. The lowest BCUT2D eigenvalue weighted by molar-refractivity contribution is -0.124. The lowest BCUT2D eigenvalue weighted by Crippen LogP contribution is -2.56. The minimum absolute atomic E-state index is 0.305. The summed E-state index contributed by atoms with van der Waals surface area (Å²) in [5, 5.41) is 7.11. The summed E-state index contributed by atoms with van der Waals surface area (Å²) in [5.74, 6) is 1.42. The number of nitrogens with zero attached hydrogens (tertiary/aromatic N) is 3. The number of aromatic nitrogens is 2. The summed E-state index contributed by atoms with van der Waals surface area (Å²) in [6.07, 6.45) is 0.772. The molecule has 7 nitrogen and oxygen atoms in total. The minimum Gasteiger partial charge on any atom is -0.368 e. The zero-order valence-electron chi connectivity index (χ0n) is 11.4. The third-order valence-electron chi connectivity index (χ3n) is 3.12. The van der Waals surface area contributed by atoms with E-state index in [-0.39, 0.29) is 11.9 Å². The van der Waals surface area contributed by atoms with Gasteiger partial charge in [-0.05, 0) is 5.92 Å². The Kier molecular flexibility index (Phi) is 4.49. The Labute approximate surface area is 112 Å². The van der Waals surface area contributed by atoms with Gasteiger partial charge < -0.3 is 15.6 Å². The van der Waals surface area contributed by atoms with Crippen LogP contribution in [-0.4, -0.2) is 46.6 Å². The number of rotatable bonds is 5. The molecule has 19 heavy (non-hydrogen) atoms. The predicted octanol–water partition coefficient (Wildman–Crippen LogP) is -0.473. The van der Waals surface area contributed by atoms with E-state index in [2.05, 4.69) is 29.3 Å². The van der Waals surface area contributed by atoms with E-state index in [4.69, 9.17) is 10.3 Å². The first-order valence-corrected chi connectivity index (χ1v) is 6.62. The van der Waals surface area contributed by atoms with Crippen LogP contribution >= 0.6 is 0 Å². The van der Waals surface area contributed by atoms with E-state index in [1.807, 2.05) is 4.90 Å². The van der Waals surface area contributed by atoms with Crippen LogP contribution in [0.5, 0.6) is 0 Å². The predicted molar refractivity (Wildman–Crippen MR) is 69.1 cm³/mol. The van der Waals surface area contributed by atoms with E-state index in [1.165, 1.54) is 0 Å². The molecule has 0 aliphatic carbocycles. The fourth-order valence-electron chi connectivity index (χ4n) is 2.18. The van der Waals surface area contributed by atoms with Crippen molar-refractivity contribution in [2.24, 2.45) is 11.7 Å². The number of hydrogen-bond donors (Lipinski definition) is 2. The van der Waals surface area contributed by atoms with Crippen LogP contribution in [0, 0.1) is 5.92 Å². The second kappa shape index (κ2) is 6.12. The van der Waals surface area contributed by atoms with Crippen molar-refractivity contribution in [3.63, 3.8) is 0 Å². The monoisotopic (exact) mass is 267 g/mol. The number of primary amides is 1. The smallest absolute Gasteiger partial charge is 0.236 e. The first-order valence-electron chi connectivity index (χ1n) is 6.62. The van der Waals surface area contributed by atoms with Crippen molar-refractivity contribution in [2.75, 3.05) is 19.6 Å². The molecule has 1 aliphatic rings. The topological polar surface area (TPSA) is 97.3 Å². The molecule has 1 unspecified atom stereocenters. The number of amides is 1. The Morgan fingerprint density at radius 3 is 3.11 bits per heavy atom. The third-order valence-corrected chi connectivity index (χ3v) is 3.12.